The van der Waals surface area contributed by atoms with Crippen LogP contribution in [-0.2, 0) is 0 Å². The average molecular weight is 234 g/mol. The lowest BCUT2D eigenvalue weighted by Gasteiger charge is -2.27. The Bertz CT molecular complexity index is 316. The molecule has 2 fully saturated rings. The monoisotopic (exact) mass is 234 g/mol. The van der Waals surface area contributed by atoms with Crippen molar-refractivity contribution in [1.29, 1.82) is 0 Å². The number of hydrogen-bond donors (Lipinski definition) is 1. The van der Waals surface area contributed by atoms with Gasteiger partial charge in [-0.05, 0) is 45.2 Å². The van der Waals surface area contributed by atoms with Crippen molar-refractivity contribution in [2.24, 2.45) is 0 Å². The van der Waals surface area contributed by atoms with Gasteiger partial charge in [0.2, 0.25) is 0 Å². The molecule has 4 heteroatoms. The van der Waals surface area contributed by atoms with E-state index in [9.17, 15) is 0 Å². The Morgan fingerprint density at radius 3 is 2.65 bits per heavy atom. The molecule has 2 aliphatic heterocycles. The third-order valence-corrected chi connectivity index (χ3v) is 3.99. The first-order chi connectivity index (χ1) is 8.43. The van der Waals surface area contributed by atoms with Crippen LogP contribution in [0.5, 0.6) is 0 Å². The van der Waals surface area contributed by atoms with Gasteiger partial charge in [-0.25, -0.2) is 0 Å². The van der Waals surface area contributed by atoms with Crippen molar-refractivity contribution in [2.75, 3.05) is 31.1 Å². The van der Waals surface area contributed by atoms with Gasteiger partial charge in [0.1, 0.15) is 0 Å². The number of piperidine rings is 2. The SMILES string of the molecule is c1nn(C2CCNCC2)cc1N1CCCCC1. The summed E-state index contributed by atoms with van der Waals surface area (Å²) in [6.45, 7) is 4.67. The standard InChI is InChI=1S/C13H22N4/c1-2-8-16(9-3-1)13-10-15-17(11-13)12-4-6-14-7-5-12/h10-12,14H,1-9H2. The van der Waals surface area contributed by atoms with Crippen molar-refractivity contribution in [3.63, 3.8) is 0 Å². The van der Waals surface area contributed by atoms with E-state index in [-0.39, 0.29) is 0 Å². The molecule has 0 bridgehead atoms. The maximum atomic E-state index is 4.56. The van der Waals surface area contributed by atoms with Gasteiger partial charge in [-0.1, -0.05) is 0 Å². The molecule has 0 amide bonds. The highest BCUT2D eigenvalue weighted by atomic mass is 15.3. The van der Waals surface area contributed by atoms with Crippen molar-refractivity contribution < 1.29 is 0 Å². The van der Waals surface area contributed by atoms with Gasteiger partial charge in [0.15, 0.2) is 0 Å². The molecule has 94 valence electrons. The van der Waals surface area contributed by atoms with E-state index in [4.69, 9.17) is 0 Å². The lowest BCUT2D eigenvalue weighted by atomic mass is 10.1. The summed E-state index contributed by atoms with van der Waals surface area (Å²) in [7, 11) is 0. The first-order valence-corrected chi connectivity index (χ1v) is 6.93. The van der Waals surface area contributed by atoms with Crippen molar-refractivity contribution >= 4 is 5.69 Å². The van der Waals surface area contributed by atoms with Crippen molar-refractivity contribution in [2.45, 2.75) is 38.1 Å². The van der Waals surface area contributed by atoms with Crippen LogP contribution in [0.15, 0.2) is 12.4 Å². The Hall–Kier alpha value is -1.03. The lowest BCUT2D eigenvalue weighted by Crippen LogP contribution is -2.30. The number of nitrogens with one attached hydrogen (secondary N) is 1. The molecule has 2 aliphatic rings. The molecular formula is C13H22N4. The van der Waals surface area contributed by atoms with Gasteiger partial charge in [-0.3, -0.25) is 4.68 Å². The zero-order valence-electron chi connectivity index (χ0n) is 10.4. The Labute approximate surface area is 103 Å². The van der Waals surface area contributed by atoms with E-state index in [0.717, 1.165) is 13.1 Å². The van der Waals surface area contributed by atoms with Crippen LogP contribution in [0.2, 0.25) is 0 Å². The molecule has 0 spiro atoms. The molecule has 2 saturated heterocycles. The van der Waals surface area contributed by atoms with E-state index in [0.29, 0.717) is 6.04 Å². The maximum Gasteiger partial charge on any atom is 0.0752 e. The fourth-order valence-corrected chi connectivity index (χ4v) is 2.91. The van der Waals surface area contributed by atoms with Crippen LogP contribution in [0, 0.1) is 0 Å². The van der Waals surface area contributed by atoms with Crippen molar-refractivity contribution in [1.82, 2.24) is 15.1 Å². The number of nitrogens with zero attached hydrogens (tertiary/aromatic N) is 3. The zero-order chi connectivity index (χ0) is 11.5. The smallest absolute Gasteiger partial charge is 0.0752 e. The Morgan fingerprint density at radius 2 is 1.88 bits per heavy atom. The van der Waals surface area contributed by atoms with E-state index in [1.165, 1.54) is 50.9 Å². The number of aromatic nitrogens is 2. The Balaban J connectivity index is 1.68. The van der Waals surface area contributed by atoms with Crippen LogP contribution in [0.3, 0.4) is 0 Å². The second kappa shape index (κ2) is 5.08. The summed E-state index contributed by atoms with van der Waals surface area (Å²) in [5.41, 5.74) is 1.32. The van der Waals surface area contributed by atoms with Crippen molar-refractivity contribution in [3.05, 3.63) is 12.4 Å². The van der Waals surface area contributed by atoms with Gasteiger partial charge in [-0.15, -0.1) is 0 Å². The molecule has 0 unspecified atom stereocenters. The van der Waals surface area contributed by atoms with Gasteiger partial charge in [0.25, 0.3) is 0 Å². The highest BCUT2D eigenvalue weighted by Crippen LogP contribution is 2.23. The third kappa shape index (κ3) is 2.46. The molecule has 0 radical (unpaired) electrons. The van der Waals surface area contributed by atoms with E-state index < -0.39 is 0 Å². The minimum Gasteiger partial charge on any atom is -0.369 e. The van der Waals surface area contributed by atoms with Crippen LogP contribution in [0.25, 0.3) is 0 Å². The van der Waals surface area contributed by atoms with E-state index in [1.54, 1.807) is 0 Å². The van der Waals surface area contributed by atoms with Gasteiger partial charge in [0.05, 0.1) is 17.9 Å². The van der Waals surface area contributed by atoms with Crippen LogP contribution < -0.4 is 10.2 Å². The van der Waals surface area contributed by atoms with Crippen LogP contribution in [0.1, 0.15) is 38.1 Å². The summed E-state index contributed by atoms with van der Waals surface area (Å²) in [4.78, 5) is 2.48. The summed E-state index contributed by atoms with van der Waals surface area (Å²) in [6, 6.07) is 0.606. The second-order valence-electron chi connectivity index (χ2n) is 5.21. The lowest BCUT2D eigenvalue weighted by molar-refractivity contribution is 0.343. The highest BCUT2D eigenvalue weighted by molar-refractivity contribution is 5.42. The molecule has 17 heavy (non-hydrogen) atoms. The molecule has 4 nitrogen and oxygen atoms in total. The average Bonchev–Trinajstić information content (AvgIpc) is 2.90. The van der Waals surface area contributed by atoms with Crippen molar-refractivity contribution in [3.8, 4) is 0 Å². The summed E-state index contributed by atoms with van der Waals surface area (Å²) in [5, 5.41) is 7.97. The Morgan fingerprint density at radius 1 is 1.12 bits per heavy atom. The highest BCUT2D eigenvalue weighted by Gasteiger charge is 2.18. The topological polar surface area (TPSA) is 33.1 Å². The molecule has 0 aromatic carbocycles. The molecule has 0 aliphatic carbocycles. The minimum atomic E-state index is 0.606. The molecule has 1 N–H and O–H groups in total. The first kappa shape index (κ1) is 11.1. The summed E-state index contributed by atoms with van der Waals surface area (Å²) >= 11 is 0. The fourth-order valence-electron chi connectivity index (χ4n) is 2.91. The molecule has 3 heterocycles. The quantitative estimate of drug-likeness (QED) is 0.847. The van der Waals surface area contributed by atoms with Crippen LogP contribution in [-0.4, -0.2) is 36.0 Å². The summed E-state index contributed by atoms with van der Waals surface area (Å²) < 4.78 is 2.19. The normalized spacial score (nSPS) is 22.9. The van der Waals surface area contributed by atoms with Gasteiger partial charge in [-0.2, -0.15) is 5.10 Å². The Kier molecular flexibility index (Phi) is 3.31. The summed E-state index contributed by atoms with van der Waals surface area (Å²) in [6.07, 6.45) is 10.8. The van der Waals surface area contributed by atoms with Crippen LogP contribution >= 0.6 is 0 Å². The van der Waals surface area contributed by atoms with Crippen LogP contribution in [0.4, 0.5) is 5.69 Å². The van der Waals surface area contributed by atoms with E-state index in [1.807, 2.05) is 6.20 Å². The largest absolute Gasteiger partial charge is 0.369 e. The molecule has 1 aromatic heterocycles. The minimum absolute atomic E-state index is 0.606. The maximum absolute atomic E-state index is 4.56. The second-order valence-corrected chi connectivity index (χ2v) is 5.21. The molecular weight excluding hydrogens is 212 g/mol. The molecule has 3 rings (SSSR count). The van der Waals surface area contributed by atoms with Gasteiger partial charge in [0, 0.05) is 19.3 Å². The fraction of sp³-hybridized carbons (Fsp3) is 0.769. The predicted octanol–water partition coefficient (Wildman–Crippen LogP) is 1.80. The van der Waals surface area contributed by atoms with Gasteiger partial charge >= 0.3 is 0 Å². The summed E-state index contributed by atoms with van der Waals surface area (Å²) in [5.74, 6) is 0. The van der Waals surface area contributed by atoms with Gasteiger partial charge < -0.3 is 10.2 Å². The first-order valence-electron chi connectivity index (χ1n) is 6.93. The van der Waals surface area contributed by atoms with E-state index >= 15 is 0 Å². The zero-order valence-corrected chi connectivity index (χ0v) is 10.4. The molecule has 1 aromatic rings. The van der Waals surface area contributed by atoms with E-state index in [2.05, 4.69) is 26.2 Å². The molecule has 0 saturated carbocycles. The number of rotatable bonds is 2. The third-order valence-electron chi connectivity index (χ3n) is 3.99. The number of anilines is 1. The molecule has 0 atom stereocenters. The number of hydrogen-bond acceptors (Lipinski definition) is 3. The predicted molar refractivity (Wildman–Crippen MR) is 69.4 cm³/mol.